The van der Waals surface area contributed by atoms with Gasteiger partial charge in [0.15, 0.2) is 0 Å². The van der Waals surface area contributed by atoms with Crippen molar-refractivity contribution >= 4 is 12.6 Å². The van der Waals surface area contributed by atoms with Gasteiger partial charge in [0.1, 0.15) is 0 Å². The molecule has 0 aromatic heterocycles. The Kier molecular flexibility index (Phi) is 14.6. The molecule has 4 unspecified atom stereocenters. The maximum Gasteiger partial charge on any atom is 0.493 e. The van der Waals surface area contributed by atoms with E-state index in [1.807, 2.05) is 36.4 Å². The van der Waals surface area contributed by atoms with Crippen molar-refractivity contribution in [3.05, 3.63) is 102 Å². The van der Waals surface area contributed by atoms with Crippen LogP contribution in [0.25, 0.3) is 0 Å². The van der Waals surface area contributed by atoms with Crippen molar-refractivity contribution in [2.45, 2.75) is 91.5 Å². The molecule has 1 heterocycles. The first kappa shape index (κ1) is 33.0. The third-order valence-electron chi connectivity index (χ3n) is 7.17. The maximum atomic E-state index is 6.55. The summed E-state index contributed by atoms with van der Waals surface area (Å²) in [5.41, 5.74) is 4.47. The molecule has 4 atom stereocenters. The van der Waals surface area contributed by atoms with Gasteiger partial charge in [0, 0.05) is 26.1 Å². The summed E-state index contributed by atoms with van der Waals surface area (Å²) in [7, 11) is 1.29. The van der Waals surface area contributed by atoms with E-state index < -0.39 is 7.12 Å². The molecule has 1 saturated heterocycles. The first-order valence-electron chi connectivity index (χ1n) is 15.1. The molecule has 3 aromatic carbocycles. The number of hydrogen-bond acceptors (Lipinski definition) is 5. The largest absolute Gasteiger partial charge is 0.493 e. The fourth-order valence-electron chi connectivity index (χ4n) is 4.59. The second-order valence-corrected chi connectivity index (χ2v) is 11.2. The Morgan fingerprint density at radius 1 is 0.805 bits per heavy atom. The van der Waals surface area contributed by atoms with E-state index >= 15 is 0 Å². The molecule has 41 heavy (non-hydrogen) atoms. The average molecular weight is 561 g/mol. The van der Waals surface area contributed by atoms with Crippen LogP contribution in [0.15, 0.2) is 84.9 Å². The van der Waals surface area contributed by atoms with E-state index in [1.54, 1.807) is 7.11 Å². The first-order valence-corrected chi connectivity index (χ1v) is 15.1. The summed E-state index contributed by atoms with van der Waals surface area (Å²) in [5.74, 6) is 0.413. The Hall–Kier alpha value is -2.48. The van der Waals surface area contributed by atoms with Crippen LogP contribution in [0.3, 0.4) is 0 Å². The molecule has 5 nitrogen and oxygen atoms in total. The first-order chi connectivity index (χ1) is 19.9. The summed E-state index contributed by atoms with van der Waals surface area (Å²) < 4.78 is 30.8. The SMILES string of the molecule is CCC.COB(OC(C)C(C)C)c1ccc(C2CC(OCc3ccccc3)CC(COCc3ccccc3)O2)cc1. The highest BCUT2D eigenvalue weighted by Gasteiger charge is 2.32. The van der Waals surface area contributed by atoms with Crippen LogP contribution in [0.5, 0.6) is 0 Å². The normalized spacial score (nSPS) is 19.3. The highest BCUT2D eigenvalue weighted by molar-refractivity contribution is 6.61. The van der Waals surface area contributed by atoms with Crippen LogP contribution in [0.1, 0.15) is 76.7 Å². The van der Waals surface area contributed by atoms with E-state index in [4.69, 9.17) is 23.5 Å². The van der Waals surface area contributed by atoms with Crippen molar-refractivity contribution < 1.29 is 23.5 Å². The molecule has 0 aliphatic carbocycles. The molecule has 0 radical (unpaired) electrons. The van der Waals surface area contributed by atoms with E-state index in [9.17, 15) is 0 Å². The highest BCUT2D eigenvalue weighted by Crippen LogP contribution is 2.33. The van der Waals surface area contributed by atoms with Crippen molar-refractivity contribution in [2.75, 3.05) is 13.7 Å². The van der Waals surface area contributed by atoms with E-state index in [0.717, 1.165) is 29.4 Å². The molecule has 222 valence electrons. The lowest BCUT2D eigenvalue weighted by Crippen LogP contribution is -2.40. The van der Waals surface area contributed by atoms with Crippen molar-refractivity contribution in [3.8, 4) is 0 Å². The van der Waals surface area contributed by atoms with Crippen LogP contribution in [-0.2, 0) is 36.7 Å². The summed E-state index contributed by atoms with van der Waals surface area (Å²) in [6.07, 6.45) is 2.93. The minimum absolute atomic E-state index is 0.0418. The van der Waals surface area contributed by atoms with E-state index in [0.29, 0.717) is 25.7 Å². The van der Waals surface area contributed by atoms with Gasteiger partial charge >= 0.3 is 7.12 Å². The molecule has 1 aliphatic rings. The third-order valence-corrected chi connectivity index (χ3v) is 7.17. The third kappa shape index (κ3) is 11.4. The van der Waals surface area contributed by atoms with Crippen LogP contribution in [0, 0.1) is 5.92 Å². The number of benzene rings is 3. The average Bonchev–Trinajstić information content (AvgIpc) is 3.00. The fraction of sp³-hybridized carbons (Fsp3) is 0.486. The molecule has 1 aliphatic heterocycles. The predicted octanol–water partition coefficient (Wildman–Crippen LogP) is 7.53. The van der Waals surface area contributed by atoms with E-state index in [1.165, 1.54) is 12.0 Å². The van der Waals surface area contributed by atoms with Gasteiger partial charge < -0.3 is 23.5 Å². The lowest BCUT2D eigenvalue weighted by atomic mass is 9.77. The van der Waals surface area contributed by atoms with Gasteiger partial charge in [-0.05, 0) is 35.0 Å². The van der Waals surface area contributed by atoms with Gasteiger partial charge in [0.05, 0.1) is 38.1 Å². The molecule has 0 N–H and O–H groups in total. The second kappa shape index (κ2) is 18.1. The van der Waals surface area contributed by atoms with Gasteiger partial charge in [-0.2, -0.15) is 0 Å². The highest BCUT2D eigenvalue weighted by atomic mass is 16.6. The van der Waals surface area contributed by atoms with Crippen molar-refractivity contribution in [1.82, 2.24) is 0 Å². The Morgan fingerprint density at radius 3 is 1.95 bits per heavy atom. The number of ether oxygens (including phenoxy) is 3. The lowest BCUT2D eigenvalue weighted by molar-refractivity contribution is -0.142. The van der Waals surface area contributed by atoms with Gasteiger partial charge in [-0.15, -0.1) is 0 Å². The van der Waals surface area contributed by atoms with Gasteiger partial charge in [-0.1, -0.05) is 119 Å². The Labute approximate surface area is 248 Å². The molecule has 1 fully saturated rings. The Balaban J connectivity index is 0.00000147. The molecule has 0 amide bonds. The molecule has 0 spiro atoms. The number of rotatable bonds is 13. The predicted molar refractivity (Wildman–Crippen MR) is 168 cm³/mol. The Morgan fingerprint density at radius 2 is 1.39 bits per heavy atom. The summed E-state index contributed by atoms with van der Waals surface area (Å²) >= 11 is 0. The quantitative estimate of drug-likeness (QED) is 0.202. The van der Waals surface area contributed by atoms with Gasteiger partial charge in [-0.3, -0.25) is 0 Å². The minimum Gasteiger partial charge on any atom is -0.410 e. The van der Waals surface area contributed by atoms with Crippen LogP contribution in [-0.4, -0.2) is 39.1 Å². The zero-order chi connectivity index (χ0) is 29.5. The second-order valence-electron chi connectivity index (χ2n) is 11.2. The molecule has 4 rings (SSSR count). The Bertz CT molecular complexity index is 1080. The molecular formula is C35H49BO5. The molecule has 0 saturated carbocycles. The van der Waals surface area contributed by atoms with Crippen molar-refractivity contribution in [2.24, 2.45) is 5.92 Å². The standard InChI is InChI=1S/C32H41BO5.C3H8/c1-24(2)25(3)38-33(34-4)29-17-15-28(16-18-29)32-20-30(36-22-27-13-9-6-10-14-27)19-31(37-32)23-35-21-26-11-7-5-8-12-26;1-3-2/h5-18,24-25,30-32H,19-23H2,1-4H3;3H2,1-2H3. The lowest BCUT2D eigenvalue weighted by Gasteiger charge is -2.35. The van der Waals surface area contributed by atoms with E-state index in [2.05, 4.69) is 83.1 Å². The molecule has 3 aromatic rings. The monoisotopic (exact) mass is 560 g/mol. The maximum absolute atomic E-state index is 6.55. The number of hydrogen-bond donors (Lipinski definition) is 0. The molecular weight excluding hydrogens is 511 g/mol. The van der Waals surface area contributed by atoms with Crippen LogP contribution in [0.2, 0.25) is 0 Å². The molecule has 6 heteroatoms. The molecule has 0 bridgehead atoms. The topological polar surface area (TPSA) is 46.2 Å². The smallest absolute Gasteiger partial charge is 0.410 e. The summed E-state index contributed by atoms with van der Waals surface area (Å²) in [6.45, 7) is 12.3. The van der Waals surface area contributed by atoms with Gasteiger partial charge in [0.25, 0.3) is 0 Å². The van der Waals surface area contributed by atoms with Crippen LogP contribution in [0.4, 0.5) is 0 Å². The van der Waals surface area contributed by atoms with Crippen LogP contribution < -0.4 is 5.46 Å². The minimum atomic E-state index is -0.394. The van der Waals surface area contributed by atoms with Gasteiger partial charge in [-0.25, -0.2) is 0 Å². The summed E-state index contributed by atoms with van der Waals surface area (Å²) in [6, 6.07) is 29.0. The zero-order valence-corrected chi connectivity index (χ0v) is 25.8. The summed E-state index contributed by atoms with van der Waals surface area (Å²) in [4.78, 5) is 0. The fourth-order valence-corrected chi connectivity index (χ4v) is 4.59. The summed E-state index contributed by atoms with van der Waals surface area (Å²) in [5, 5.41) is 0. The van der Waals surface area contributed by atoms with E-state index in [-0.39, 0.29) is 24.4 Å². The van der Waals surface area contributed by atoms with Crippen LogP contribution >= 0.6 is 0 Å². The van der Waals surface area contributed by atoms with Gasteiger partial charge in [0.2, 0.25) is 0 Å². The van der Waals surface area contributed by atoms with Crippen molar-refractivity contribution in [3.63, 3.8) is 0 Å². The van der Waals surface area contributed by atoms with Crippen molar-refractivity contribution in [1.29, 1.82) is 0 Å². The zero-order valence-electron chi connectivity index (χ0n) is 25.8.